The molecule has 0 aliphatic heterocycles. The molecule has 0 spiro atoms. The smallest absolute Gasteiger partial charge is 0.411 e. The minimum atomic E-state index is -4.02. The number of rotatable bonds is 4. The van der Waals surface area contributed by atoms with Crippen LogP contribution in [0.3, 0.4) is 0 Å². The molecule has 0 atom stereocenters. The zero-order chi connectivity index (χ0) is 16.9. The van der Waals surface area contributed by atoms with Gasteiger partial charge in [0.2, 0.25) is 0 Å². The number of amides is 2. The van der Waals surface area contributed by atoms with Crippen molar-refractivity contribution < 1.29 is 22.7 Å². The van der Waals surface area contributed by atoms with Crippen LogP contribution in [-0.2, 0) is 14.8 Å². The van der Waals surface area contributed by atoms with Crippen molar-refractivity contribution in [3.8, 4) is 0 Å². The fourth-order valence-electron chi connectivity index (χ4n) is 1.65. The van der Waals surface area contributed by atoms with Crippen molar-refractivity contribution >= 4 is 27.7 Å². The van der Waals surface area contributed by atoms with E-state index in [1.165, 1.54) is 49.7 Å². The Morgan fingerprint density at radius 2 is 1.96 bits per heavy atom. The number of methoxy groups -OCH3 is 1. The summed E-state index contributed by atoms with van der Waals surface area (Å²) in [5.74, 6) is -0.831. The first-order chi connectivity index (χ1) is 10.9. The second-order valence-corrected chi connectivity index (χ2v) is 6.00. The van der Waals surface area contributed by atoms with Crippen molar-refractivity contribution in [3.63, 3.8) is 0 Å². The number of ether oxygens (including phenoxy) is 1. The number of benzene rings is 1. The van der Waals surface area contributed by atoms with E-state index in [0.29, 0.717) is 5.69 Å². The Labute approximate surface area is 132 Å². The van der Waals surface area contributed by atoms with Crippen molar-refractivity contribution in [3.05, 3.63) is 54.4 Å². The largest absolute Gasteiger partial charge is 0.453 e. The summed E-state index contributed by atoms with van der Waals surface area (Å²) in [7, 11) is -2.82. The van der Waals surface area contributed by atoms with E-state index in [2.05, 4.69) is 15.0 Å². The zero-order valence-corrected chi connectivity index (χ0v) is 12.8. The summed E-state index contributed by atoms with van der Waals surface area (Å²) in [6.45, 7) is 0. The molecule has 0 aliphatic rings. The second-order valence-electron chi connectivity index (χ2n) is 4.32. The van der Waals surface area contributed by atoms with Crippen molar-refractivity contribution in [1.29, 1.82) is 0 Å². The molecule has 2 rings (SSSR count). The van der Waals surface area contributed by atoms with Gasteiger partial charge in [-0.25, -0.2) is 17.9 Å². The zero-order valence-electron chi connectivity index (χ0n) is 12.0. The highest BCUT2D eigenvalue weighted by Crippen LogP contribution is 2.12. The van der Waals surface area contributed by atoms with Crippen LogP contribution < -0.4 is 10.0 Å². The predicted octanol–water partition coefficient (Wildman–Crippen LogP) is 1.38. The van der Waals surface area contributed by atoms with Crippen LogP contribution in [0.25, 0.3) is 0 Å². The molecule has 120 valence electrons. The Kier molecular flexibility index (Phi) is 4.91. The first-order valence-corrected chi connectivity index (χ1v) is 7.83. The molecule has 1 heterocycles. The predicted molar refractivity (Wildman–Crippen MR) is 81.4 cm³/mol. The standard InChI is InChI=1S/C14H13N3O5S/c1-22-14(19)16-11-5-2-4-10(8-11)13(18)17-23(20,21)12-6-3-7-15-9-12/h2-9H,1H3,(H,16,19)(H,17,18). The molecule has 2 N–H and O–H groups in total. The lowest BCUT2D eigenvalue weighted by Crippen LogP contribution is -2.30. The summed E-state index contributed by atoms with van der Waals surface area (Å²) < 4.78 is 30.5. The Morgan fingerprint density at radius 3 is 2.61 bits per heavy atom. The van der Waals surface area contributed by atoms with Gasteiger partial charge in [0, 0.05) is 23.6 Å². The third-order valence-corrected chi connectivity index (χ3v) is 4.04. The molecule has 0 aliphatic carbocycles. The van der Waals surface area contributed by atoms with Crippen LogP contribution >= 0.6 is 0 Å². The van der Waals surface area contributed by atoms with E-state index in [0.717, 1.165) is 6.20 Å². The van der Waals surface area contributed by atoms with Gasteiger partial charge in [0.1, 0.15) is 4.90 Å². The number of hydrogen-bond acceptors (Lipinski definition) is 6. The highest BCUT2D eigenvalue weighted by Gasteiger charge is 2.19. The second kappa shape index (κ2) is 6.88. The van der Waals surface area contributed by atoms with Gasteiger partial charge < -0.3 is 4.74 Å². The number of pyridine rings is 1. The van der Waals surface area contributed by atoms with Gasteiger partial charge in [-0.15, -0.1) is 0 Å². The van der Waals surface area contributed by atoms with E-state index in [-0.39, 0.29) is 10.5 Å². The summed E-state index contributed by atoms with van der Waals surface area (Å²) in [5, 5.41) is 2.38. The van der Waals surface area contributed by atoms with Gasteiger partial charge in [-0.05, 0) is 30.3 Å². The average Bonchev–Trinajstić information content (AvgIpc) is 2.55. The number of nitrogens with zero attached hydrogens (tertiary/aromatic N) is 1. The van der Waals surface area contributed by atoms with Crippen molar-refractivity contribution in [2.75, 3.05) is 12.4 Å². The molecule has 2 aromatic rings. The molecule has 2 amide bonds. The number of carbonyl (C=O) groups is 2. The highest BCUT2D eigenvalue weighted by molar-refractivity contribution is 7.90. The summed E-state index contributed by atoms with van der Waals surface area (Å²) in [6.07, 6.45) is 1.85. The van der Waals surface area contributed by atoms with Gasteiger partial charge in [-0.2, -0.15) is 0 Å². The summed E-state index contributed by atoms with van der Waals surface area (Å²) in [5.41, 5.74) is 0.356. The van der Waals surface area contributed by atoms with Crippen LogP contribution in [0.5, 0.6) is 0 Å². The minimum absolute atomic E-state index is 0.0615. The van der Waals surface area contributed by atoms with E-state index < -0.39 is 22.0 Å². The first kappa shape index (κ1) is 16.4. The lowest BCUT2D eigenvalue weighted by atomic mass is 10.2. The third kappa shape index (κ3) is 4.27. The molecular weight excluding hydrogens is 322 g/mol. The topological polar surface area (TPSA) is 114 Å². The molecule has 0 unspecified atom stereocenters. The lowest BCUT2D eigenvalue weighted by molar-refractivity contribution is 0.0981. The number of nitrogens with one attached hydrogen (secondary N) is 2. The monoisotopic (exact) mass is 335 g/mol. The van der Waals surface area contributed by atoms with E-state index in [9.17, 15) is 18.0 Å². The molecular formula is C14H13N3O5S. The first-order valence-electron chi connectivity index (χ1n) is 6.34. The van der Waals surface area contributed by atoms with Gasteiger partial charge in [0.15, 0.2) is 0 Å². The van der Waals surface area contributed by atoms with E-state index in [1.807, 2.05) is 4.72 Å². The maximum absolute atomic E-state index is 12.1. The Hall–Kier alpha value is -2.94. The molecule has 0 bridgehead atoms. The van der Waals surface area contributed by atoms with E-state index in [1.54, 1.807) is 0 Å². The van der Waals surface area contributed by atoms with Crippen LogP contribution in [0, 0.1) is 0 Å². The highest BCUT2D eigenvalue weighted by atomic mass is 32.2. The maximum atomic E-state index is 12.1. The number of aromatic nitrogens is 1. The average molecular weight is 335 g/mol. The Balaban J connectivity index is 2.18. The SMILES string of the molecule is COC(=O)Nc1cccc(C(=O)NS(=O)(=O)c2cccnc2)c1. The Morgan fingerprint density at radius 1 is 1.17 bits per heavy atom. The van der Waals surface area contributed by atoms with E-state index >= 15 is 0 Å². The van der Waals surface area contributed by atoms with Gasteiger partial charge in [0.05, 0.1) is 7.11 Å². The molecule has 8 nitrogen and oxygen atoms in total. The number of sulfonamides is 1. The van der Waals surface area contributed by atoms with Crippen LogP contribution in [-0.4, -0.2) is 32.5 Å². The van der Waals surface area contributed by atoms with Gasteiger partial charge in [-0.3, -0.25) is 15.1 Å². The number of hydrogen-bond donors (Lipinski definition) is 2. The van der Waals surface area contributed by atoms with Crippen LogP contribution in [0.2, 0.25) is 0 Å². The molecule has 23 heavy (non-hydrogen) atoms. The lowest BCUT2D eigenvalue weighted by Gasteiger charge is -2.08. The minimum Gasteiger partial charge on any atom is -0.453 e. The normalized spacial score (nSPS) is 10.7. The number of carbonyl (C=O) groups excluding carboxylic acids is 2. The van der Waals surface area contributed by atoms with Gasteiger partial charge >= 0.3 is 6.09 Å². The molecule has 1 aromatic heterocycles. The molecule has 0 radical (unpaired) electrons. The summed E-state index contributed by atoms with van der Waals surface area (Å²) in [6, 6.07) is 8.53. The fourth-order valence-corrected chi connectivity index (χ4v) is 2.59. The molecule has 1 aromatic carbocycles. The fraction of sp³-hybridized carbons (Fsp3) is 0.0714. The van der Waals surface area contributed by atoms with Crippen molar-refractivity contribution in [2.45, 2.75) is 4.90 Å². The maximum Gasteiger partial charge on any atom is 0.411 e. The molecule has 0 fully saturated rings. The Bertz CT molecular complexity index is 821. The van der Waals surface area contributed by atoms with Crippen molar-refractivity contribution in [2.24, 2.45) is 0 Å². The molecule has 0 saturated heterocycles. The number of anilines is 1. The van der Waals surface area contributed by atoms with Gasteiger partial charge in [0.25, 0.3) is 15.9 Å². The molecule has 0 saturated carbocycles. The van der Waals surface area contributed by atoms with E-state index in [4.69, 9.17) is 0 Å². The quantitative estimate of drug-likeness (QED) is 0.872. The van der Waals surface area contributed by atoms with Crippen LogP contribution in [0.1, 0.15) is 10.4 Å². The van der Waals surface area contributed by atoms with Crippen LogP contribution in [0.15, 0.2) is 53.7 Å². The molecule has 9 heteroatoms. The van der Waals surface area contributed by atoms with Crippen molar-refractivity contribution in [1.82, 2.24) is 9.71 Å². The van der Waals surface area contributed by atoms with Crippen LogP contribution in [0.4, 0.5) is 10.5 Å². The summed E-state index contributed by atoms with van der Waals surface area (Å²) in [4.78, 5) is 26.8. The van der Waals surface area contributed by atoms with Gasteiger partial charge in [-0.1, -0.05) is 6.07 Å². The third-order valence-electron chi connectivity index (χ3n) is 2.73. The summed E-state index contributed by atoms with van der Waals surface area (Å²) >= 11 is 0.